The van der Waals surface area contributed by atoms with Gasteiger partial charge in [-0.1, -0.05) is 109 Å². The van der Waals surface area contributed by atoms with E-state index in [-0.39, 0.29) is 0 Å². The Morgan fingerprint density at radius 2 is 1.03 bits per heavy atom. The highest BCUT2D eigenvalue weighted by molar-refractivity contribution is 6.21. The molecule has 1 heterocycles. The first kappa shape index (κ1) is 19.1. The van der Waals surface area contributed by atoms with Crippen molar-refractivity contribution < 1.29 is 0 Å². The van der Waals surface area contributed by atoms with Gasteiger partial charge in [-0.3, -0.25) is 0 Å². The number of benzene rings is 6. The molecule has 0 aliphatic heterocycles. The Morgan fingerprint density at radius 1 is 0.471 bits per heavy atom. The maximum atomic E-state index is 2.46. The van der Waals surface area contributed by atoms with Crippen LogP contribution >= 0.6 is 0 Å². The zero-order valence-corrected chi connectivity index (χ0v) is 19.0. The third-order valence-corrected chi connectivity index (χ3v) is 7.08. The van der Waals surface area contributed by atoms with E-state index >= 15 is 0 Å². The summed E-state index contributed by atoms with van der Waals surface area (Å²) in [7, 11) is 0. The van der Waals surface area contributed by atoms with Crippen LogP contribution in [0, 0.1) is 6.92 Å². The average molecular weight is 434 g/mol. The van der Waals surface area contributed by atoms with Crippen LogP contribution < -0.4 is 0 Å². The van der Waals surface area contributed by atoms with E-state index in [1.54, 1.807) is 0 Å². The lowest BCUT2D eigenvalue weighted by molar-refractivity contribution is 1.07. The fourth-order valence-corrected chi connectivity index (χ4v) is 5.66. The summed E-state index contributed by atoms with van der Waals surface area (Å²) in [6.07, 6.45) is 0. The Balaban J connectivity index is 1.78. The summed E-state index contributed by atoms with van der Waals surface area (Å²) < 4.78 is 2.46. The molecule has 0 spiro atoms. The Morgan fingerprint density at radius 3 is 1.82 bits per heavy atom. The zero-order valence-electron chi connectivity index (χ0n) is 19.0. The number of hydrogen-bond donors (Lipinski definition) is 0. The van der Waals surface area contributed by atoms with E-state index in [4.69, 9.17) is 0 Å². The summed E-state index contributed by atoms with van der Waals surface area (Å²) in [6.45, 7) is 2.22. The fourth-order valence-electron chi connectivity index (χ4n) is 5.66. The second-order valence-corrected chi connectivity index (χ2v) is 9.02. The monoisotopic (exact) mass is 433 g/mol. The van der Waals surface area contributed by atoms with Gasteiger partial charge in [0.15, 0.2) is 0 Å². The van der Waals surface area contributed by atoms with E-state index in [2.05, 4.69) is 133 Å². The van der Waals surface area contributed by atoms with Gasteiger partial charge in [0.1, 0.15) is 0 Å². The number of rotatable bonds is 2. The van der Waals surface area contributed by atoms with Crippen molar-refractivity contribution in [2.24, 2.45) is 0 Å². The molecule has 34 heavy (non-hydrogen) atoms. The van der Waals surface area contributed by atoms with Crippen LogP contribution in [0.2, 0.25) is 0 Å². The number of fused-ring (bicyclic) bond motifs is 5. The van der Waals surface area contributed by atoms with Gasteiger partial charge in [-0.15, -0.1) is 0 Å². The number of nitrogens with zero attached hydrogens (tertiary/aromatic N) is 1. The van der Waals surface area contributed by atoms with Crippen LogP contribution in [-0.4, -0.2) is 4.57 Å². The van der Waals surface area contributed by atoms with Crippen LogP contribution in [0.5, 0.6) is 0 Å². The lowest BCUT2D eigenvalue weighted by Gasteiger charge is -2.22. The van der Waals surface area contributed by atoms with Crippen molar-refractivity contribution in [2.75, 3.05) is 0 Å². The summed E-state index contributed by atoms with van der Waals surface area (Å²) in [5.41, 5.74) is 6.29. The molecule has 0 unspecified atom stereocenters. The predicted octanol–water partition coefficient (Wildman–Crippen LogP) is 9.07. The number of aromatic nitrogens is 1. The fraction of sp³-hybridized carbons (Fsp3) is 0.0303. The van der Waals surface area contributed by atoms with E-state index in [0.29, 0.717) is 0 Å². The van der Waals surface area contributed by atoms with Crippen LogP contribution in [-0.2, 0) is 0 Å². The van der Waals surface area contributed by atoms with Gasteiger partial charge in [-0.05, 0) is 51.6 Å². The molecule has 6 aromatic carbocycles. The topological polar surface area (TPSA) is 4.93 Å². The first-order valence-electron chi connectivity index (χ1n) is 11.8. The van der Waals surface area contributed by atoms with Gasteiger partial charge in [0.05, 0.1) is 11.2 Å². The van der Waals surface area contributed by atoms with Crippen molar-refractivity contribution in [3.05, 3.63) is 127 Å². The molecule has 0 aliphatic rings. The highest BCUT2D eigenvalue weighted by atomic mass is 15.0. The Kier molecular flexibility index (Phi) is 4.13. The van der Waals surface area contributed by atoms with Crippen molar-refractivity contribution in [1.29, 1.82) is 0 Å². The lowest BCUT2D eigenvalue weighted by Crippen LogP contribution is -2.02. The van der Waals surface area contributed by atoms with E-state index in [1.807, 2.05) is 0 Å². The van der Waals surface area contributed by atoms with Crippen LogP contribution in [0.1, 0.15) is 5.69 Å². The van der Waals surface area contributed by atoms with Gasteiger partial charge in [-0.25, -0.2) is 0 Å². The van der Waals surface area contributed by atoms with Crippen LogP contribution in [0.3, 0.4) is 0 Å². The minimum absolute atomic E-state index is 1.24. The molecule has 7 rings (SSSR count). The first-order chi connectivity index (χ1) is 16.8. The summed E-state index contributed by atoms with van der Waals surface area (Å²) >= 11 is 0. The zero-order chi connectivity index (χ0) is 22.6. The molecule has 0 fully saturated rings. The third kappa shape index (κ3) is 2.67. The number of para-hydroxylation sites is 1. The Labute approximate surface area is 198 Å². The highest BCUT2D eigenvalue weighted by Crippen LogP contribution is 2.44. The molecule has 1 nitrogen and oxygen atoms in total. The summed E-state index contributed by atoms with van der Waals surface area (Å²) in [4.78, 5) is 0. The van der Waals surface area contributed by atoms with Gasteiger partial charge in [0.25, 0.3) is 0 Å². The molecule has 0 N–H and O–H groups in total. The van der Waals surface area contributed by atoms with Crippen molar-refractivity contribution in [2.45, 2.75) is 6.92 Å². The molecule has 1 heteroatoms. The molecule has 0 saturated carbocycles. The van der Waals surface area contributed by atoms with Gasteiger partial charge in [0, 0.05) is 22.0 Å². The maximum absolute atomic E-state index is 2.46. The SMILES string of the molecule is Cc1cc2ccccc2n1-c1c(-c2cccc3ccccc23)c2ccccc2c2ccccc12. The van der Waals surface area contributed by atoms with Gasteiger partial charge < -0.3 is 4.57 Å². The maximum Gasteiger partial charge on any atom is 0.0622 e. The van der Waals surface area contributed by atoms with Gasteiger partial charge in [0.2, 0.25) is 0 Å². The molecule has 160 valence electrons. The molecule has 0 radical (unpaired) electrons. The molecule has 0 amide bonds. The number of aryl methyl sites for hydroxylation is 1. The molecule has 0 bridgehead atoms. The molecule has 0 saturated heterocycles. The molecule has 0 atom stereocenters. The van der Waals surface area contributed by atoms with Crippen LogP contribution in [0.4, 0.5) is 0 Å². The predicted molar refractivity (Wildman–Crippen MR) is 146 cm³/mol. The van der Waals surface area contributed by atoms with Crippen molar-refractivity contribution in [3.63, 3.8) is 0 Å². The van der Waals surface area contributed by atoms with Crippen molar-refractivity contribution in [3.8, 4) is 16.8 Å². The Bertz CT molecular complexity index is 1860. The van der Waals surface area contributed by atoms with E-state index in [9.17, 15) is 0 Å². The van der Waals surface area contributed by atoms with Crippen molar-refractivity contribution >= 4 is 43.2 Å². The lowest BCUT2D eigenvalue weighted by atomic mass is 9.88. The van der Waals surface area contributed by atoms with E-state index < -0.39 is 0 Å². The second-order valence-electron chi connectivity index (χ2n) is 9.02. The average Bonchev–Trinajstić information content (AvgIpc) is 3.23. The normalized spacial score (nSPS) is 11.7. The van der Waals surface area contributed by atoms with Crippen LogP contribution in [0.15, 0.2) is 121 Å². The molecule has 0 aliphatic carbocycles. The summed E-state index contributed by atoms with van der Waals surface area (Å²) in [6, 6.07) is 44.1. The quantitative estimate of drug-likeness (QED) is 0.240. The molecule has 7 aromatic rings. The summed E-state index contributed by atoms with van der Waals surface area (Å²) in [5, 5.41) is 8.94. The van der Waals surface area contributed by atoms with Crippen LogP contribution in [0.25, 0.3) is 60.0 Å². The largest absolute Gasteiger partial charge is 0.313 e. The van der Waals surface area contributed by atoms with Crippen molar-refractivity contribution in [1.82, 2.24) is 4.57 Å². The minimum atomic E-state index is 1.24. The van der Waals surface area contributed by atoms with Gasteiger partial charge in [-0.2, -0.15) is 0 Å². The first-order valence-corrected chi connectivity index (χ1v) is 11.8. The van der Waals surface area contributed by atoms with E-state index in [1.165, 1.54) is 65.7 Å². The third-order valence-electron chi connectivity index (χ3n) is 7.08. The number of hydrogen-bond acceptors (Lipinski definition) is 0. The molecular formula is C33H23N. The molecule has 1 aromatic heterocycles. The standard InChI is InChI=1S/C33H23N/c1-22-21-24-12-3-9-20-31(24)34(22)33-30-18-8-6-16-27(30)26-15-5-7-17-29(26)32(33)28-19-10-13-23-11-2-4-14-25(23)28/h2-21H,1H3. The summed E-state index contributed by atoms with van der Waals surface area (Å²) in [5.74, 6) is 0. The minimum Gasteiger partial charge on any atom is -0.313 e. The Hall–Kier alpha value is -4.36. The second kappa shape index (κ2) is 7.33. The highest BCUT2D eigenvalue weighted by Gasteiger charge is 2.21. The van der Waals surface area contributed by atoms with E-state index in [0.717, 1.165) is 0 Å². The molecular weight excluding hydrogens is 410 g/mol. The smallest absolute Gasteiger partial charge is 0.0622 e. The van der Waals surface area contributed by atoms with Gasteiger partial charge >= 0.3 is 0 Å².